The molecule has 0 saturated heterocycles. The van der Waals surface area contributed by atoms with Gasteiger partial charge in [-0.15, -0.1) is 0 Å². The van der Waals surface area contributed by atoms with Gasteiger partial charge in [0.2, 0.25) is 0 Å². The quantitative estimate of drug-likeness (QED) is 0.367. The molecule has 1 N–H and O–H groups in total. The molecule has 0 bridgehead atoms. The SMILES string of the molecule is C=CC(=O)Oc1ccc(N(c2ccc(O)cc2)c2ccc(C)c(C)c2)cc1. The lowest BCUT2D eigenvalue weighted by Gasteiger charge is -2.26. The summed E-state index contributed by atoms with van der Waals surface area (Å²) in [6.45, 7) is 7.55. The van der Waals surface area contributed by atoms with Crippen LogP contribution in [0.1, 0.15) is 11.1 Å². The van der Waals surface area contributed by atoms with Crippen LogP contribution < -0.4 is 9.64 Å². The van der Waals surface area contributed by atoms with Crippen LogP contribution in [0.5, 0.6) is 11.5 Å². The standard InChI is InChI=1S/C23H21NO3/c1-4-23(26)27-22-13-9-19(10-14-22)24(18-7-11-21(25)12-8-18)20-6-5-16(2)17(3)15-20/h4-15,25H,1H2,2-3H3. The van der Waals surface area contributed by atoms with Crippen molar-refractivity contribution >= 4 is 23.0 Å². The molecule has 0 atom stereocenters. The Hall–Kier alpha value is -3.53. The van der Waals surface area contributed by atoms with Crippen molar-refractivity contribution in [3.8, 4) is 11.5 Å². The minimum atomic E-state index is -0.493. The molecule has 0 unspecified atom stereocenters. The van der Waals surface area contributed by atoms with Crippen LogP contribution in [0.15, 0.2) is 79.4 Å². The number of hydrogen-bond acceptors (Lipinski definition) is 4. The van der Waals surface area contributed by atoms with Gasteiger partial charge in [0.15, 0.2) is 0 Å². The second-order valence-corrected chi connectivity index (χ2v) is 6.24. The Morgan fingerprint density at radius 1 is 0.889 bits per heavy atom. The number of aromatic hydroxyl groups is 1. The third-order valence-electron chi connectivity index (χ3n) is 4.34. The van der Waals surface area contributed by atoms with Crippen molar-refractivity contribution in [2.24, 2.45) is 0 Å². The monoisotopic (exact) mass is 359 g/mol. The van der Waals surface area contributed by atoms with Crippen molar-refractivity contribution in [1.82, 2.24) is 0 Å². The minimum absolute atomic E-state index is 0.213. The molecule has 3 aromatic rings. The average molecular weight is 359 g/mol. The fourth-order valence-corrected chi connectivity index (χ4v) is 2.73. The Morgan fingerprint density at radius 2 is 1.44 bits per heavy atom. The van der Waals surface area contributed by atoms with E-state index in [9.17, 15) is 9.90 Å². The van der Waals surface area contributed by atoms with Crippen LogP contribution in [-0.4, -0.2) is 11.1 Å². The fourth-order valence-electron chi connectivity index (χ4n) is 2.73. The zero-order chi connectivity index (χ0) is 19.4. The predicted molar refractivity (Wildman–Crippen MR) is 108 cm³/mol. The van der Waals surface area contributed by atoms with E-state index in [0.717, 1.165) is 23.1 Å². The molecule has 4 nitrogen and oxygen atoms in total. The zero-order valence-electron chi connectivity index (χ0n) is 15.3. The highest BCUT2D eigenvalue weighted by atomic mass is 16.5. The predicted octanol–water partition coefficient (Wildman–Crippen LogP) is 5.57. The van der Waals surface area contributed by atoms with E-state index in [1.807, 2.05) is 24.3 Å². The van der Waals surface area contributed by atoms with Crippen molar-refractivity contribution in [2.45, 2.75) is 13.8 Å². The maximum atomic E-state index is 11.4. The maximum Gasteiger partial charge on any atom is 0.335 e. The Balaban J connectivity index is 2.03. The number of hydrogen-bond donors (Lipinski definition) is 1. The van der Waals surface area contributed by atoms with Crippen LogP contribution in [0.3, 0.4) is 0 Å². The van der Waals surface area contributed by atoms with E-state index < -0.39 is 5.97 Å². The molecule has 0 radical (unpaired) electrons. The first kappa shape index (κ1) is 18.3. The van der Waals surface area contributed by atoms with Gasteiger partial charge in [0, 0.05) is 23.1 Å². The summed E-state index contributed by atoms with van der Waals surface area (Å²) in [5.41, 5.74) is 5.22. The van der Waals surface area contributed by atoms with Crippen LogP contribution in [0.2, 0.25) is 0 Å². The summed E-state index contributed by atoms with van der Waals surface area (Å²) in [4.78, 5) is 13.4. The maximum absolute atomic E-state index is 11.4. The van der Waals surface area contributed by atoms with Crippen molar-refractivity contribution in [3.05, 3.63) is 90.5 Å². The van der Waals surface area contributed by atoms with E-state index in [4.69, 9.17) is 4.74 Å². The summed E-state index contributed by atoms with van der Waals surface area (Å²) in [5, 5.41) is 9.63. The van der Waals surface area contributed by atoms with Crippen molar-refractivity contribution in [3.63, 3.8) is 0 Å². The van der Waals surface area contributed by atoms with Gasteiger partial charge < -0.3 is 14.7 Å². The topological polar surface area (TPSA) is 49.8 Å². The molecule has 136 valence electrons. The zero-order valence-corrected chi connectivity index (χ0v) is 15.3. The lowest BCUT2D eigenvalue weighted by atomic mass is 10.1. The average Bonchev–Trinajstić information content (AvgIpc) is 2.67. The fraction of sp³-hybridized carbons (Fsp3) is 0.0870. The van der Waals surface area contributed by atoms with Crippen molar-refractivity contribution in [1.29, 1.82) is 0 Å². The van der Waals surface area contributed by atoms with Crippen LogP contribution in [0.4, 0.5) is 17.1 Å². The van der Waals surface area contributed by atoms with Crippen LogP contribution in [0.25, 0.3) is 0 Å². The largest absolute Gasteiger partial charge is 0.508 e. The smallest absolute Gasteiger partial charge is 0.335 e. The van der Waals surface area contributed by atoms with Gasteiger partial charge in [-0.05, 0) is 85.6 Å². The molecule has 0 aliphatic carbocycles. The first-order chi connectivity index (χ1) is 13.0. The summed E-state index contributed by atoms with van der Waals surface area (Å²) >= 11 is 0. The summed E-state index contributed by atoms with van der Waals surface area (Å²) in [6.07, 6.45) is 1.13. The normalized spacial score (nSPS) is 10.3. The Labute approximate surface area is 159 Å². The van der Waals surface area contributed by atoms with Crippen LogP contribution in [0, 0.1) is 13.8 Å². The molecule has 0 spiro atoms. The number of aryl methyl sites for hydroxylation is 2. The third kappa shape index (κ3) is 4.18. The summed E-state index contributed by atoms with van der Waals surface area (Å²) < 4.78 is 5.15. The van der Waals surface area contributed by atoms with Crippen LogP contribution >= 0.6 is 0 Å². The van der Waals surface area contributed by atoms with Gasteiger partial charge in [-0.2, -0.15) is 0 Å². The van der Waals surface area contributed by atoms with Crippen LogP contribution in [-0.2, 0) is 4.79 Å². The Bertz CT molecular complexity index is 960. The van der Waals surface area contributed by atoms with Crippen molar-refractivity contribution in [2.75, 3.05) is 4.90 Å². The Morgan fingerprint density at radius 3 is 2.00 bits per heavy atom. The van der Waals surface area contributed by atoms with E-state index >= 15 is 0 Å². The van der Waals surface area contributed by atoms with E-state index in [1.165, 1.54) is 11.1 Å². The molecule has 3 aromatic carbocycles. The summed E-state index contributed by atoms with van der Waals surface area (Å²) in [7, 11) is 0. The summed E-state index contributed by atoms with van der Waals surface area (Å²) in [5.74, 6) is 0.173. The molecule has 0 amide bonds. The molecule has 3 rings (SSSR count). The number of phenolic OH excluding ortho intramolecular Hbond substituents is 1. The molecule has 0 saturated carbocycles. The molecule has 27 heavy (non-hydrogen) atoms. The molecule has 0 aliphatic rings. The van der Waals surface area contributed by atoms with Gasteiger partial charge >= 0.3 is 5.97 Å². The molecule has 0 aliphatic heterocycles. The lowest BCUT2D eigenvalue weighted by molar-refractivity contribution is -0.128. The van der Waals surface area contributed by atoms with Gasteiger partial charge in [-0.3, -0.25) is 0 Å². The van der Waals surface area contributed by atoms with Gasteiger partial charge in [0.05, 0.1) is 0 Å². The number of carbonyl (C=O) groups excluding carboxylic acids is 1. The number of esters is 1. The minimum Gasteiger partial charge on any atom is -0.508 e. The summed E-state index contributed by atoms with van der Waals surface area (Å²) in [6, 6.07) is 20.5. The molecule has 4 heteroatoms. The number of anilines is 3. The van der Waals surface area contributed by atoms with Gasteiger partial charge in [-0.25, -0.2) is 4.79 Å². The number of nitrogens with zero attached hydrogens (tertiary/aromatic N) is 1. The molecular formula is C23H21NO3. The highest BCUT2D eigenvalue weighted by molar-refractivity contribution is 5.83. The van der Waals surface area contributed by atoms with E-state index in [-0.39, 0.29) is 5.75 Å². The number of phenols is 1. The third-order valence-corrected chi connectivity index (χ3v) is 4.34. The molecule has 0 heterocycles. The second-order valence-electron chi connectivity index (χ2n) is 6.24. The van der Waals surface area contributed by atoms with E-state index in [0.29, 0.717) is 5.75 Å². The first-order valence-corrected chi connectivity index (χ1v) is 8.58. The highest BCUT2D eigenvalue weighted by Crippen LogP contribution is 2.36. The number of ether oxygens (including phenoxy) is 1. The molecular weight excluding hydrogens is 338 g/mol. The Kier molecular flexibility index (Phi) is 5.27. The number of benzene rings is 3. The highest BCUT2D eigenvalue weighted by Gasteiger charge is 2.13. The van der Waals surface area contributed by atoms with Gasteiger partial charge in [0.1, 0.15) is 11.5 Å². The number of rotatable bonds is 5. The second kappa shape index (κ2) is 7.79. The first-order valence-electron chi connectivity index (χ1n) is 8.58. The van der Waals surface area contributed by atoms with E-state index in [2.05, 4.69) is 43.5 Å². The molecule has 0 fully saturated rings. The van der Waals surface area contributed by atoms with Crippen molar-refractivity contribution < 1.29 is 14.6 Å². The van der Waals surface area contributed by atoms with Gasteiger partial charge in [0.25, 0.3) is 0 Å². The lowest BCUT2D eigenvalue weighted by Crippen LogP contribution is -2.10. The molecule has 0 aromatic heterocycles. The van der Waals surface area contributed by atoms with Gasteiger partial charge in [-0.1, -0.05) is 12.6 Å². The van der Waals surface area contributed by atoms with E-state index in [1.54, 1.807) is 24.3 Å². The number of carbonyl (C=O) groups is 1.